The lowest BCUT2D eigenvalue weighted by Gasteiger charge is -2.18. The van der Waals surface area contributed by atoms with Crippen LogP contribution in [0.3, 0.4) is 0 Å². The topological polar surface area (TPSA) is 96.5 Å². The summed E-state index contributed by atoms with van der Waals surface area (Å²) in [5, 5.41) is 0.782. The van der Waals surface area contributed by atoms with Crippen molar-refractivity contribution in [1.82, 2.24) is 4.98 Å². The monoisotopic (exact) mass is 426 g/mol. The van der Waals surface area contributed by atoms with Gasteiger partial charge in [-0.3, -0.25) is 9.10 Å². The number of benzene rings is 2. The van der Waals surface area contributed by atoms with E-state index in [4.69, 9.17) is 4.74 Å². The first-order valence-corrected chi connectivity index (χ1v) is 11.3. The summed E-state index contributed by atoms with van der Waals surface area (Å²) in [5.74, 6) is -0.875. The third-order valence-corrected chi connectivity index (χ3v) is 7.13. The second kappa shape index (κ2) is 7.60. The number of aryl methyl sites for hydroxylation is 1. The molecule has 7 nitrogen and oxygen atoms in total. The molecule has 0 saturated carbocycles. The van der Waals surface area contributed by atoms with Crippen LogP contribution in [-0.4, -0.2) is 43.6 Å². The van der Waals surface area contributed by atoms with Crippen LogP contribution >= 0.6 is 0 Å². The standard InChI is InChI=1S/C22H22N2O5S/c1-14-20(18-9-3-4-10-19(18)23-14)21(25)15(2)29-22(26)16-7-5-8-17(13-16)24-11-6-12-30(24,27)28/h3-5,7-10,13,15,23H,6,11-12H2,1-2H3/t15-/m0/s1. The van der Waals surface area contributed by atoms with Gasteiger partial charge in [0.05, 0.1) is 17.0 Å². The maximum Gasteiger partial charge on any atom is 0.338 e. The second-order valence-electron chi connectivity index (χ2n) is 7.37. The lowest BCUT2D eigenvalue weighted by molar-refractivity contribution is 0.0319. The number of esters is 1. The number of Topliss-reactive ketones (excluding diaryl/α,β-unsaturated/α-hetero) is 1. The van der Waals surface area contributed by atoms with E-state index in [0.29, 0.717) is 29.9 Å². The number of aromatic amines is 1. The molecule has 1 N–H and O–H groups in total. The number of H-pyrrole nitrogens is 1. The summed E-state index contributed by atoms with van der Waals surface area (Å²) in [6.45, 7) is 3.73. The lowest BCUT2D eigenvalue weighted by Crippen LogP contribution is -2.26. The van der Waals surface area contributed by atoms with E-state index in [1.807, 2.05) is 31.2 Å². The van der Waals surface area contributed by atoms with E-state index in [1.54, 1.807) is 18.2 Å². The molecule has 1 atom stereocenters. The molecule has 156 valence electrons. The third-order valence-electron chi connectivity index (χ3n) is 5.26. The Morgan fingerprint density at radius 3 is 2.63 bits per heavy atom. The number of ether oxygens (including phenoxy) is 1. The number of hydrogen-bond donors (Lipinski definition) is 1. The fourth-order valence-corrected chi connectivity index (χ4v) is 5.35. The van der Waals surface area contributed by atoms with Crippen molar-refractivity contribution in [3.8, 4) is 0 Å². The van der Waals surface area contributed by atoms with Crippen molar-refractivity contribution in [2.75, 3.05) is 16.6 Å². The lowest BCUT2D eigenvalue weighted by atomic mass is 10.0. The highest BCUT2D eigenvalue weighted by Crippen LogP contribution is 2.26. The number of para-hydroxylation sites is 1. The van der Waals surface area contributed by atoms with Crippen molar-refractivity contribution in [3.63, 3.8) is 0 Å². The van der Waals surface area contributed by atoms with Crippen molar-refractivity contribution in [2.45, 2.75) is 26.4 Å². The van der Waals surface area contributed by atoms with Crippen LogP contribution in [0, 0.1) is 6.92 Å². The summed E-state index contributed by atoms with van der Waals surface area (Å²) < 4.78 is 31.0. The summed E-state index contributed by atoms with van der Waals surface area (Å²) in [4.78, 5) is 28.8. The van der Waals surface area contributed by atoms with Crippen LogP contribution in [0.15, 0.2) is 48.5 Å². The first-order valence-electron chi connectivity index (χ1n) is 9.71. The van der Waals surface area contributed by atoms with Gasteiger partial charge in [-0.25, -0.2) is 13.2 Å². The van der Waals surface area contributed by atoms with Gasteiger partial charge in [0.15, 0.2) is 6.10 Å². The van der Waals surface area contributed by atoms with E-state index in [0.717, 1.165) is 10.9 Å². The van der Waals surface area contributed by atoms with Crippen LogP contribution < -0.4 is 4.31 Å². The van der Waals surface area contributed by atoms with E-state index in [1.165, 1.54) is 17.3 Å². The molecular weight excluding hydrogens is 404 g/mol. The number of rotatable bonds is 5. The SMILES string of the molecule is Cc1[nH]c2ccccc2c1C(=O)[C@H](C)OC(=O)c1cccc(N2CCCS2(=O)=O)c1. The number of carbonyl (C=O) groups is 2. The van der Waals surface area contributed by atoms with Crippen LogP contribution in [0.1, 0.15) is 39.8 Å². The van der Waals surface area contributed by atoms with Crippen molar-refractivity contribution < 1.29 is 22.7 Å². The molecule has 2 aromatic carbocycles. The van der Waals surface area contributed by atoms with Gasteiger partial charge < -0.3 is 9.72 Å². The number of sulfonamides is 1. The van der Waals surface area contributed by atoms with E-state index in [9.17, 15) is 18.0 Å². The quantitative estimate of drug-likeness (QED) is 0.498. The highest BCUT2D eigenvalue weighted by atomic mass is 32.2. The largest absolute Gasteiger partial charge is 0.451 e. The Hall–Kier alpha value is -3.13. The fourth-order valence-electron chi connectivity index (χ4n) is 3.80. The average Bonchev–Trinajstić information content (AvgIpc) is 3.25. The molecule has 4 rings (SSSR count). The van der Waals surface area contributed by atoms with Crippen LogP contribution in [0.4, 0.5) is 5.69 Å². The Morgan fingerprint density at radius 2 is 1.90 bits per heavy atom. The van der Waals surface area contributed by atoms with Gasteiger partial charge in [-0.05, 0) is 44.5 Å². The predicted molar refractivity (Wildman–Crippen MR) is 114 cm³/mol. The zero-order valence-corrected chi connectivity index (χ0v) is 17.5. The number of fused-ring (bicyclic) bond motifs is 1. The van der Waals surface area contributed by atoms with Gasteiger partial charge in [-0.2, -0.15) is 0 Å². The van der Waals surface area contributed by atoms with Crippen LogP contribution in [0.2, 0.25) is 0 Å². The molecule has 1 fully saturated rings. The maximum absolute atomic E-state index is 13.0. The van der Waals surface area contributed by atoms with Crippen LogP contribution in [-0.2, 0) is 14.8 Å². The molecule has 1 aliphatic rings. The number of carbonyl (C=O) groups excluding carboxylic acids is 2. The molecule has 0 aliphatic carbocycles. The Labute approximate surface area is 174 Å². The normalized spacial score (nSPS) is 16.5. The number of nitrogens with one attached hydrogen (secondary N) is 1. The predicted octanol–water partition coefficient (Wildman–Crippen LogP) is 3.44. The Bertz CT molecular complexity index is 1250. The van der Waals surface area contributed by atoms with Crippen LogP contribution in [0.5, 0.6) is 0 Å². The smallest absolute Gasteiger partial charge is 0.338 e. The van der Waals surface area contributed by atoms with Crippen LogP contribution in [0.25, 0.3) is 10.9 Å². The van der Waals surface area contributed by atoms with Gasteiger partial charge in [-0.1, -0.05) is 24.3 Å². The van der Waals surface area contributed by atoms with Gasteiger partial charge in [0.1, 0.15) is 0 Å². The minimum Gasteiger partial charge on any atom is -0.451 e. The second-order valence-corrected chi connectivity index (χ2v) is 9.39. The number of anilines is 1. The van der Waals surface area contributed by atoms with E-state index < -0.39 is 22.1 Å². The number of nitrogens with zero attached hydrogens (tertiary/aromatic N) is 1. The highest BCUT2D eigenvalue weighted by molar-refractivity contribution is 7.93. The van der Waals surface area contributed by atoms with E-state index in [2.05, 4.69) is 4.98 Å². The zero-order valence-electron chi connectivity index (χ0n) is 16.7. The summed E-state index contributed by atoms with van der Waals surface area (Å²) in [6, 6.07) is 13.7. The summed E-state index contributed by atoms with van der Waals surface area (Å²) in [7, 11) is -3.35. The molecule has 0 radical (unpaired) electrons. The molecule has 3 aromatic rings. The summed E-state index contributed by atoms with van der Waals surface area (Å²) in [6.07, 6.45) is -0.443. The molecule has 0 amide bonds. The number of ketones is 1. The Balaban J connectivity index is 1.54. The van der Waals surface area contributed by atoms with Gasteiger partial charge in [0.25, 0.3) is 0 Å². The molecule has 1 aromatic heterocycles. The minimum atomic E-state index is -3.35. The van der Waals surface area contributed by atoms with Gasteiger partial charge in [-0.15, -0.1) is 0 Å². The minimum absolute atomic E-state index is 0.0944. The van der Waals surface area contributed by atoms with Crippen molar-refractivity contribution in [2.24, 2.45) is 0 Å². The Morgan fingerprint density at radius 1 is 1.13 bits per heavy atom. The highest BCUT2D eigenvalue weighted by Gasteiger charge is 2.29. The van der Waals surface area contributed by atoms with E-state index >= 15 is 0 Å². The molecule has 0 bridgehead atoms. The van der Waals surface area contributed by atoms with Gasteiger partial charge >= 0.3 is 5.97 Å². The maximum atomic E-state index is 13.0. The molecule has 2 heterocycles. The van der Waals surface area contributed by atoms with Crippen molar-refractivity contribution in [1.29, 1.82) is 0 Å². The Kier molecular flexibility index (Phi) is 5.11. The molecule has 1 saturated heterocycles. The molecule has 0 unspecified atom stereocenters. The summed E-state index contributed by atoms with van der Waals surface area (Å²) >= 11 is 0. The molecular formula is C22H22N2O5S. The molecule has 0 spiro atoms. The van der Waals surface area contributed by atoms with Crippen molar-refractivity contribution >= 4 is 38.4 Å². The average molecular weight is 426 g/mol. The fraction of sp³-hybridized carbons (Fsp3) is 0.273. The molecule has 8 heteroatoms. The van der Waals surface area contributed by atoms with Crippen molar-refractivity contribution in [3.05, 3.63) is 65.4 Å². The van der Waals surface area contributed by atoms with Gasteiger partial charge in [0.2, 0.25) is 15.8 Å². The first kappa shape index (κ1) is 20.2. The molecule has 30 heavy (non-hydrogen) atoms. The first-order chi connectivity index (χ1) is 14.3. The molecule has 1 aliphatic heterocycles. The van der Waals surface area contributed by atoms with Gasteiger partial charge in [0, 0.05) is 28.7 Å². The number of hydrogen-bond acceptors (Lipinski definition) is 5. The zero-order chi connectivity index (χ0) is 21.5. The number of aromatic nitrogens is 1. The third kappa shape index (κ3) is 3.59. The summed E-state index contributed by atoms with van der Waals surface area (Å²) in [5.41, 5.74) is 2.68. The van der Waals surface area contributed by atoms with E-state index in [-0.39, 0.29) is 17.1 Å².